The second-order valence-corrected chi connectivity index (χ2v) is 10.2. The zero-order valence-electron chi connectivity index (χ0n) is 21.0. The number of nitrogens with zero attached hydrogens (tertiary/aromatic N) is 2. The van der Waals surface area contributed by atoms with Gasteiger partial charge in [-0.2, -0.15) is 0 Å². The van der Waals surface area contributed by atoms with Crippen LogP contribution >= 0.6 is 0 Å². The zero-order chi connectivity index (χ0) is 25.5. The normalized spacial score (nSPS) is 12.1. The van der Waals surface area contributed by atoms with E-state index in [1.807, 2.05) is 12.1 Å². The fourth-order valence-electron chi connectivity index (χ4n) is 6.42. The Morgan fingerprint density at radius 2 is 0.872 bits per heavy atom. The van der Waals surface area contributed by atoms with Crippen molar-refractivity contribution in [3.05, 3.63) is 133 Å². The molecule has 182 valence electrons. The van der Waals surface area contributed by atoms with Gasteiger partial charge in [-0.3, -0.25) is 0 Å². The van der Waals surface area contributed by atoms with Gasteiger partial charge >= 0.3 is 0 Å². The first-order valence-corrected chi connectivity index (χ1v) is 13.3. The summed E-state index contributed by atoms with van der Waals surface area (Å²) < 4.78 is 11.0. The lowest BCUT2D eigenvalue weighted by atomic mass is 10.1. The van der Waals surface area contributed by atoms with Crippen molar-refractivity contribution in [1.29, 1.82) is 0 Å². The molecule has 0 unspecified atom stereocenters. The second kappa shape index (κ2) is 7.62. The van der Waals surface area contributed by atoms with Crippen LogP contribution in [0.2, 0.25) is 0 Å². The van der Waals surface area contributed by atoms with Gasteiger partial charge in [-0.05, 0) is 54.6 Å². The summed E-state index contributed by atoms with van der Waals surface area (Å²) in [4.78, 5) is 0. The molecule has 9 rings (SSSR count). The average Bonchev–Trinajstić information content (AvgIpc) is 3.63. The quantitative estimate of drug-likeness (QED) is 0.233. The summed E-state index contributed by atoms with van der Waals surface area (Å²) in [5.74, 6) is 0. The van der Waals surface area contributed by atoms with Crippen LogP contribution in [0.25, 0.3) is 76.9 Å². The van der Waals surface area contributed by atoms with Crippen LogP contribution in [0.4, 0.5) is 0 Å². The topological polar surface area (TPSA) is 23.0 Å². The molecule has 0 amide bonds. The van der Waals surface area contributed by atoms with Gasteiger partial charge in [0, 0.05) is 49.8 Å². The highest BCUT2D eigenvalue weighted by Crippen LogP contribution is 2.40. The molecular weight excluding hydrogens is 476 g/mol. The molecule has 3 heteroatoms. The molecular formula is C36H22N2O. The monoisotopic (exact) mass is 498 g/mol. The molecule has 0 N–H and O–H groups in total. The minimum atomic E-state index is 0.904. The first-order chi connectivity index (χ1) is 19.3. The molecule has 0 bridgehead atoms. The van der Waals surface area contributed by atoms with Crippen LogP contribution in [0, 0.1) is 0 Å². The highest BCUT2D eigenvalue weighted by molar-refractivity contribution is 6.19. The molecule has 0 aliphatic carbocycles. The second-order valence-electron chi connectivity index (χ2n) is 10.2. The molecule has 6 aromatic carbocycles. The lowest BCUT2D eigenvalue weighted by Gasteiger charge is -2.09. The van der Waals surface area contributed by atoms with E-state index >= 15 is 0 Å². The summed E-state index contributed by atoms with van der Waals surface area (Å²) in [6, 6.07) is 47.6. The predicted molar refractivity (Wildman–Crippen MR) is 162 cm³/mol. The van der Waals surface area contributed by atoms with Crippen LogP contribution in [-0.2, 0) is 0 Å². The first kappa shape index (κ1) is 20.7. The lowest BCUT2D eigenvalue weighted by molar-refractivity contribution is 0.668. The van der Waals surface area contributed by atoms with Gasteiger partial charge in [0.2, 0.25) is 0 Å². The van der Waals surface area contributed by atoms with Gasteiger partial charge in [-0.1, -0.05) is 72.8 Å². The Hall–Kier alpha value is -5.28. The number of rotatable bonds is 2. The minimum absolute atomic E-state index is 0.904. The molecule has 0 saturated heterocycles. The van der Waals surface area contributed by atoms with Crippen molar-refractivity contribution in [3.63, 3.8) is 0 Å². The molecule has 0 aliphatic rings. The Kier molecular flexibility index (Phi) is 4.05. The molecule has 0 atom stereocenters. The highest BCUT2D eigenvalue weighted by Gasteiger charge is 2.18. The van der Waals surface area contributed by atoms with E-state index in [1.54, 1.807) is 0 Å². The SMILES string of the molecule is c1ccc(-n2c3ccccc3c3cc4c(cc32)c2ccccc2n4-c2ccc3c(c2)oc2ccccc23)cc1. The van der Waals surface area contributed by atoms with Crippen LogP contribution < -0.4 is 0 Å². The molecule has 3 heterocycles. The van der Waals surface area contributed by atoms with Gasteiger partial charge in [0.25, 0.3) is 0 Å². The van der Waals surface area contributed by atoms with Crippen molar-refractivity contribution in [3.8, 4) is 11.4 Å². The summed E-state index contributed by atoms with van der Waals surface area (Å²) in [5.41, 5.74) is 8.89. The Labute approximate surface area is 223 Å². The van der Waals surface area contributed by atoms with E-state index in [1.165, 1.54) is 49.3 Å². The van der Waals surface area contributed by atoms with Gasteiger partial charge in [-0.25, -0.2) is 0 Å². The number of fused-ring (bicyclic) bond motifs is 9. The molecule has 0 spiro atoms. The van der Waals surface area contributed by atoms with Crippen molar-refractivity contribution in [1.82, 2.24) is 9.13 Å². The van der Waals surface area contributed by atoms with E-state index < -0.39 is 0 Å². The van der Waals surface area contributed by atoms with E-state index in [-0.39, 0.29) is 0 Å². The Morgan fingerprint density at radius 3 is 1.56 bits per heavy atom. The third-order valence-electron chi connectivity index (χ3n) is 8.10. The third-order valence-corrected chi connectivity index (χ3v) is 8.10. The fraction of sp³-hybridized carbons (Fsp3) is 0. The number of furan rings is 1. The summed E-state index contributed by atoms with van der Waals surface area (Å²) in [6.07, 6.45) is 0. The lowest BCUT2D eigenvalue weighted by Crippen LogP contribution is -1.94. The Morgan fingerprint density at radius 1 is 0.333 bits per heavy atom. The van der Waals surface area contributed by atoms with Crippen molar-refractivity contribution >= 4 is 65.6 Å². The summed E-state index contributed by atoms with van der Waals surface area (Å²) >= 11 is 0. The maximum Gasteiger partial charge on any atom is 0.137 e. The molecule has 0 fully saturated rings. The molecule has 9 aromatic rings. The maximum atomic E-state index is 6.28. The number of aromatic nitrogens is 2. The van der Waals surface area contributed by atoms with Crippen molar-refractivity contribution in [2.75, 3.05) is 0 Å². The smallest absolute Gasteiger partial charge is 0.137 e. The van der Waals surface area contributed by atoms with Crippen LogP contribution in [0.15, 0.2) is 138 Å². The average molecular weight is 499 g/mol. The number of hydrogen-bond acceptors (Lipinski definition) is 1. The van der Waals surface area contributed by atoms with Gasteiger partial charge in [0.1, 0.15) is 11.2 Å². The van der Waals surface area contributed by atoms with Gasteiger partial charge in [0.15, 0.2) is 0 Å². The maximum absolute atomic E-state index is 6.28. The molecule has 0 saturated carbocycles. The summed E-state index contributed by atoms with van der Waals surface area (Å²) in [7, 11) is 0. The number of hydrogen-bond donors (Lipinski definition) is 0. The fourth-order valence-corrected chi connectivity index (χ4v) is 6.42. The molecule has 3 nitrogen and oxygen atoms in total. The van der Waals surface area contributed by atoms with Crippen LogP contribution in [0.3, 0.4) is 0 Å². The van der Waals surface area contributed by atoms with Crippen LogP contribution in [-0.4, -0.2) is 9.13 Å². The Bertz CT molecular complexity index is 2390. The van der Waals surface area contributed by atoms with E-state index in [4.69, 9.17) is 4.42 Å². The first-order valence-electron chi connectivity index (χ1n) is 13.3. The van der Waals surface area contributed by atoms with Crippen molar-refractivity contribution in [2.45, 2.75) is 0 Å². The van der Waals surface area contributed by atoms with Crippen molar-refractivity contribution in [2.24, 2.45) is 0 Å². The van der Waals surface area contributed by atoms with E-state index in [0.29, 0.717) is 0 Å². The van der Waals surface area contributed by atoms with Crippen molar-refractivity contribution < 1.29 is 4.42 Å². The Balaban J connectivity index is 1.41. The summed E-state index contributed by atoms with van der Waals surface area (Å²) in [6.45, 7) is 0. The highest BCUT2D eigenvalue weighted by atomic mass is 16.3. The van der Waals surface area contributed by atoms with E-state index in [9.17, 15) is 0 Å². The molecule has 0 aliphatic heterocycles. The number of benzene rings is 6. The number of para-hydroxylation sites is 4. The van der Waals surface area contributed by atoms with Gasteiger partial charge in [-0.15, -0.1) is 0 Å². The summed E-state index contributed by atoms with van der Waals surface area (Å²) in [5, 5.41) is 7.27. The van der Waals surface area contributed by atoms with Crippen LogP contribution in [0.5, 0.6) is 0 Å². The minimum Gasteiger partial charge on any atom is -0.456 e. The van der Waals surface area contributed by atoms with Gasteiger partial charge < -0.3 is 13.6 Å². The van der Waals surface area contributed by atoms with Crippen LogP contribution in [0.1, 0.15) is 0 Å². The van der Waals surface area contributed by atoms with E-state index in [2.05, 4.69) is 130 Å². The zero-order valence-corrected chi connectivity index (χ0v) is 21.0. The predicted octanol–water partition coefficient (Wildman–Crippen LogP) is 9.78. The molecule has 0 radical (unpaired) electrons. The van der Waals surface area contributed by atoms with Gasteiger partial charge in [0.05, 0.1) is 22.1 Å². The van der Waals surface area contributed by atoms with E-state index in [0.717, 1.165) is 27.6 Å². The largest absolute Gasteiger partial charge is 0.456 e. The standard InChI is InChI=1S/C36H22N2O/c1-2-10-23(11-3-1)37-31-15-7-4-12-25(31)29-22-34-30(21-33(29)37)26-13-5-8-16-32(26)38(34)24-18-19-28-27-14-6-9-17-35(27)39-36(28)20-24/h1-22H. The third kappa shape index (κ3) is 2.82. The molecule has 39 heavy (non-hydrogen) atoms. The molecule has 3 aromatic heterocycles.